The molecule has 0 saturated carbocycles. The Hall–Kier alpha value is -2.15. The number of urea groups is 1. The molecule has 1 heterocycles. The summed E-state index contributed by atoms with van der Waals surface area (Å²) in [5.41, 5.74) is 1.64. The molecule has 1 aromatic heterocycles. The van der Waals surface area contributed by atoms with Crippen LogP contribution in [0, 0.1) is 13.8 Å². The molecule has 2 rings (SSSR count). The first kappa shape index (κ1) is 16.2. The van der Waals surface area contributed by atoms with Gasteiger partial charge in [-0.2, -0.15) is 0 Å². The van der Waals surface area contributed by atoms with Crippen LogP contribution in [0.2, 0.25) is 0 Å². The average molecular weight is 321 g/mol. The topological polar surface area (TPSA) is 84.2 Å². The van der Waals surface area contributed by atoms with E-state index in [1.165, 1.54) is 0 Å². The number of nitrogens with zero attached hydrogens (tertiary/aromatic N) is 1. The average Bonchev–Trinajstić information content (AvgIpc) is 2.84. The Morgan fingerprint density at radius 2 is 1.95 bits per heavy atom. The van der Waals surface area contributed by atoms with Gasteiger partial charge in [-0.05, 0) is 26.0 Å². The highest BCUT2D eigenvalue weighted by molar-refractivity contribution is 7.85. The summed E-state index contributed by atoms with van der Waals surface area (Å²) in [6.45, 7) is 4.33. The van der Waals surface area contributed by atoms with E-state index in [1.807, 2.05) is 37.3 Å². The molecule has 0 aliphatic rings. The Morgan fingerprint density at radius 1 is 1.23 bits per heavy atom. The summed E-state index contributed by atoms with van der Waals surface area (Å²) in [4.78, 5) is 12.5. The van der Waals surface area contributed by atoms with Crippen LogP contribution in [0.1, 0.15) is 17.0 Å². The third kappa shape index (κ3) is 4.42. The maximum Gasteiger partial charge on any atom is 0.315 e. The number of aryl methyl sites for hydroxylation is 2. The van der Waals surface area contributed by atoms with Crippen LogP contribution < -0.4 is 10.6 Å². The number of nitrogens with one attached hydrogen (secondary N) is 2. The zero-order chi connectivity index (χ0) is 15.9. The zero-order valence-corrected chi connectivity index (χ0v) is 13.4. The van der Waals surface area contributed by atoms with Crippen LogP contribution in [0.15, 0.2) is 39.8 Å². The second kappa shape index (κ2) is 7.74. The number of rotatable bonds is 6. The van der Waals surface area contributed by atoms with Gasteiger partial charge in [-0.25, -0.2) is 4.79 Å². The first-order valence-electron chi connectivity index (χ1n) is 6.95. The lowest BCUT2D eigenvalue weighted by molar-refractivity contribution is 0.241. The molecule has 1 aromatic carbocycles. The highest BCUT2D eigenvalue weighted by Crippen LogP contribution is 2.11. The second-order valence-corrected chi connectivity index (χ2v) is 6.35. The van der Waals surface area contributed by atoms with Gasteiger partial charge in [0.1, 0.15) is 5.76 Å². The summed E-state index contributed by atoms with van der Waals surface area (Å²) in [6.07, 6.45) is 0. The molecule has 6 nitrogen and oxygen atoms in total. The molecule has 22 heavy (non-hydrogen) atoms. The lowest BCUT2D eigenvalue weighted by atomic mass is 10.2. The molecule has 0 saturated heterocycles. The lowest BCUT2D eigenvalue weighted by Crippen LogP contribution is -2.37. The van der Waals surface area contributed by atoms with Gasteiger partial charge in [-0.15, -0.1) is 0 Å². The summed E-state index contributed by atoms with van der Waals surface area (Å²) in [7, 11) is -1.11. The van der Waals surface area contributed by atoms with Gasteiger partial charge in [0, 0.05) is 29.3 Å². The van der Waals surface area contributed by atoms with Gasteiger partial charge in [-0.3, -0.25) is 4.21 Å². The first-order chi connectivity index (χ1) is 10.6. The van der Waals surface area contributed by atoms with Gasteiger partial charge in [0.15, 0.2) is 0 Å². The van der Waals surface area contributed by atoms with E-state index in [-0.39, 0.29) is 6.03 Å². The summed E-state index contributed by atoms with van der Waals surface area (Å²) in [5, 5.41) is 9.25. The molecule has 0 aliphatic heterocycles. The number of amides is 2. The molecule has 118 valence electrons. The van der Waals surface area contributed by atoms with Crippen LogP contribution in [-0.4, -0.2) is 27.7 Å². The molecule has 0 fully saturated rings. The number of aromatic nitrogens is 1. The van der Waals surface area contributed by atoms with E-state index in [9.17, 15) is 9.00 Å². The zero-order valence-electron chi connectivity index (χ0n) is 12.6. The predicted molar refractivity (Wildman–Crippen MR) is 83.9 cm³/mol. The molecule has 7 heteroatoms. The number of benzene rings is 1. The van der Waals surface area contributed by atoms with Crippen LogP contribution in [0.5, 0.6) is 0 Å². The van der Waals surface area contributed by atoms with E-state index >= 15 is 0 Å². The molecule has 2 amide bonds. The second-order valence-electron chi connectivity index (χ2n) is 4.77. The van der Waals surface area contributed by atoms with Crippen molar-refractivity contribution in [1.29, 1.82) is 0 Å². The molecular weight excluding hydrogens is 302 g/mol. The Kier molecular flexibility index (Phi) is 5.71. The van der Waals surface area contributed by atoms with Crippen molar-refractivity contribution < 1.29 is 13.5 Å². The van der Waals surface area contributed by atoms with Crippen molar-refractivity contribution in [2.75, 3.05) is 12.3 Å². The van der Waals surface area contributed by atoms with E-state index in [0.717, 1.165) is 16.2 Å². The third-order valence-corrected chi connectivity index (χ3v) is 4.56. The van der Waals surface area contributed by atoms with E-state index in [1.54, 1.807) is 6.92 Å². The van der Waals surface area contributed by atoms with Gasteiger partial charge in [0.05, 0.1) is 16.5 Å². The van der Waals surface area contributed by atoms with Gasteiger partial charge in [0.2, 0.25) is 0 Å². The standard InChI is InChI=1S/C15H19N3O3S/c1-11-14(12(2)21-18-11)10-17-15(19)16-8-9-22(20)13-6-4-3-5-7-13/h3-7H,8-10H2,1-2H3,(H2,16,17,19)/t22-/m1/s1. The Labute approximate surface area is 131 Å². The van der Waals surface area contributed by atoms with Crippen molar-refractivity contribution in [3.05, 3.63) is 47.3 Å². The fourth-order valence-corrected chi connectivity index (χ4v) is 2.92. The largest absolute Gasteiger partial charge is 0.361 e. The van der Waals surface area contributed by atoms with E-state index in [4.69, 9.17) is 4.52 Å². The summed E-state index contributed by atoms with van der Waals surface area (Å²) in [5.74, 6) is 1.07. The third-order valence-electron chi connectivity index (χ3n) is 3.19. The molecule has 2 N–H and O–H groups in total. The van der Waals surface area contributed by atoms with Crippen molar-refractivity contribution in [3.8, 4) is 0 Å². The molecule has 0 radical (unpaired) electrons. The maximum absolute atomic E-state index is 12.0. The van der Waals surface area contributed by atoms with E-state index in [2.05, 4.69) is 15.8 Å². The number of carbonyl (C=O) groups is 1. The van der Waals surface area contributed by atoms with Crippen molar-refractivity contribution in [1.82, 2.24) is 15.8 Å². The lowest BCUT2D eigenvalue weighted by Gasteiger charge is -2.07. The van der Waals surface area contributed by atoms with Gasteiger partial charge >= 0.3 is 6.03 Å². The fourth-order valence-electron chi connectivity index (χ4n) is 1.93. The minimum absolute atomic E-state index is 0.301. The fraction of sp³-hybridized carbons (Fsp3) is 0.333. The van der Waals surface area contributed by atoms with Crippen molar-refractivity contribution in [3.63, 3.8) is 0 Å². The maximum atomic E-state index is 12.0. The summed E-state index contributed by atoms with van der Waals surface area (Å²) >= 11 is 0. The molecule has 0 unspecified atom stereocenters. The van der Waals surface area contributed by atoms with Gasteiger partial charge in [-0.1, -0.05) is 23.4 Å². The molecule has 2 aromatic rings. The van der Waals surface area contributed by atoms with Crippen LogP contribution in [-0.2, 0) is 17.3 Å². The molecule has 0 aliphatic carbocycles. The van der Waals surface area contributed by atoms with Crippen molar-refractivity contribution in [2.45, 2.75) is 25.3 Å². The van der Waals surface area contributed by atoms with Gasteiger partial charge in [0.25, 0.3) is 0 Å². The number of hydrogen-bond acceptors (Lipinski definition) is 4. The quantitative estimate of drug-likeness (QED) is 0.851. The predicted octanol–water partition coefficient (Wildman–Crippen LogP) is 1.90. The number of carbonyl (C=O) groups excluding carboxylic acids is 1. The van der Waals surface area contributed by atoms with Crippen LogP contribution in [0.3, 0.4) is 0 Å². The normalized spacial score (nSPS) is 11.9. The minimum atomic E-state index is -1.11. The Balaban J connectivity index is 1.71. The Bertz CT molecular complexity index is 636. The monoisotopic (exact) mass is 321 g/mol. The SMILES string of the molecule is Cc1noc(C)c1CNC(=O)NCC[S@@](=O)c1ccccc1. The smallest absolute Gasteiger partial charge is 0.315 e. The van der Waals surface area contributed by atoms with Crippen LogP contribution in [0.25, 0.3) is 0 Å². The van der Waals surface area contributed by atoms with Crippen LogP contribution >= 0.6 is 0 Å². The first-order valence-corrected chi connectivity index (χ1v) is 8.26. The minimum Gasteiger partial charge on any atom is -0.361 e. The van der Waals surface area contributed by atoms with E-state index in [0.29, 0.717) is 24.6 Å². The summed E-state index contributed by atoms with van der Waals surface area (Å²) in [6, 6.07) is 8.89. The molecule has 0 spiro atoms. The van der Waals surface area contributed by atoms with Crippen molar-refractivity contribution in [2.24, 2.45) is 0 Å². The van der Waals surface area contributed by atoms with Crippen molar-refractivity contribution >= 4 is 16.8 Å². The highest BCUT2D eigenvalue weighted by atomic mass is 32.2. The molecule has 0 bridgehead atoms. The highest BCUT2D eigenvalue weighted by Gasteiger charge is 2.10. The number of hydrogen-bond donors (Lipinski definition) is 2. The summed E-state index contributed by atoms with van der Waals surface area (Å²) < 4.78 is 17.0. The molecule has 1 atom stereocenters. The van der Waals surface area contributed by atoms with E-state index < -0.39 is 10.8 Å². The Morgan fingerprint density at radius 3 is 2.59 bits per heavy atom. The van der Waals surface area contributed by atoms with Crippen LogP contribution in [0.4, 0.5) is 4.79 Å². The van der Waals surface area contributed by atoms with Gasteiger partial charge < -0.3 is 15.2 Å². The molecular formula is C15H19N3O3S.